The Balaban J connectivity index is -0.00000000833. The first-order valence-electron chi connectivity index (χ1n) is 1.55. The summed E-state index contributed by atoms with van der Waals surface area (Å²) in [5.74, 6) is -1.19. The van der Waals surface area contributed by atoms with Crippen molar-refractivity contribution >= 4 is 43.7 Å². The number of carbonyl (C=O) groups is 1. The third kappa shape index (κ3) is 23.5. The van der Waals surface area contributed by atoms with Crippen molar-refractivity contribution in [3.63, 3.8) is 0 Å². The van der Waals surface area contributed by atoms with Crippen LogP contribution in [0.2, 0.25) is 0 Å². The van der Waals surface area contributed by atoms with E-state index in [1.165, 1.54) is 6.92 Å². The molecule has 0 radical (unpaired) electrons. The van der Waals surface area contributed by atoms with Crippen LogP contribution >= 0.6 is 0 Å². The van der Waals surface area contributed by atoms with Crippen molar-refractivity contribution in [2.24, 2.45) is 0 Å². The van der Waals surface area contributed by atoms with Gasteiger partial charge >= 0.3 is 43.7 Å². The summed E-state index contributed by atoms with van der Waals surface area (Å²) in [7, 11) is 0. The van der Waals surface area contributed by atoms with Crippen molar-refractivity contribution in [2.45, 2.75) is 13.0 Å². The molecular weight excluding hydrogens is 172 g/mol. The van der Waals surface area contributed by atoms with Gasteiger partial charge in [0.1, 0.15) is 6.10 Å². The predicted octanol–water partition coefficient (Wildman–Crippen LogP) is -3.18. The minimum atomic E-state index is -1.23. The van der Waals surface area contributed by atoms with Crippen LogP contribution in [0.5, 0.6) is 0 Å². The fraction of sp³-hybridized carbons (Fsp3) is 0.667. The fourth-order valence-electron chi connectivity index (χ4n) is 0. The number of aliphatic hydroxyl groups is 1. The van der Waals surface area contributed by atoms with E-state index in [1.807, 2.05) is 0 Å². The van der Waals surface area contributed by atoms with Gasteiger partial charge in [0.2, 0.25) is 0 Å². The largest absolute Gasteiger partial charge is 2.00 e. The maximum absolute atomic E-state index is 9.45. The van der Waals surface area contributed by atoms with Crippen LogP contribution in [0.25, 0.3) is 0 Å². The normalized spacial score (nSPS) is 8.20. The monoisotopic (exact) mass is 186 g/mol. The standard InChI is InChI=1S/C3H6O3.Ca.3H2O.2H/c1-2(4)3(5)6;;;;;;/h2,4H,1H3,(H,5,6);;3*1H2;;/q;+2;;;;2*-1. The molecule has 0 aromatic carbocycles. The van der Waals surface area contributed by atoms with E-state index >= 15 is 0 Å². The number of rotatable bonds is 1. The fourth-order valence-corrected chi connectivity index (χ4v) is 0. The molecule has 0 spiro atoms. The van der Waals surface area contributed by atoms with E-state index in [2.05, 4.69) is 0 Å². The maximum atomic E-state index is 9.45. The molecule has 0 aliphatic heterocycles. The number of aliphatic hydroxyl groups excluding tert-OH is 1. The van der Waals surface area contributed by atoms with Crippen LogP contribution in [0, 0.1) is 0 Å². The number of carboxylic acids is 1. The van der Waals surface area contributed by atoms with Gasteiger partial charge in [-0.1, -0.05) is 0 Å². The Labute approximate surface area is 90.7 Å². The SMILES string of the molecule is CC(O)C(=O)O.O.O.O.[Ca+2].[H-].[H-]. The molecule has 0 aromatic heterocycles. The number of carboxylic acid groups (broad SMARTS) is 1. The molecule has 0 aliphatic carbocycles. The van der Waals surface area contributed by atoms with Crippen molar-refractivity contribution in [1.29, 1.82) is 0 Å². The molecule has 10 heavy (non-hydrogen) atoms. The molecule has 1 atom stereocenters. The summed E-state index contributed by atoms with van der Waals surface area (Å²) in [5, 5.41) is 15.8. The zero-order chi connectivity index (χ0) is 5.15. The summed E-state index contributed by atoms with van der Waals surface area (Å²) >= 11 is 0. The number of aliphatic carboxylic acids is 1. The molecule has 8 N–H and O–H groups in total. The van der Waals surface area contributed by atoms with Crippen molar-refractivity contribution < 1.29 is 34.3 Å². The van der Waals surface area contributed by atoms with E-state index in [-0.39, 0.29) is 57.0 Å². The molecule has 64 valence electrons. The Hall–Kier alpha value is 0.570. The van der Waals surface area contributed by atoms with Gasteiger partial charge in [-0.3, -0.25) is 0 Å². The quantitative estimate of drug-likeness (QED) is 0.415. The van der Waals surface area contributed by atoms with E-state index in [4.69, 9.17) is 10.2 Å². The summed E-state index contributed by atoms with van der Waals surface area (Å²) in [6, 6.07) is 0. The van der Waals surface area contributed by atoms with E-state index in [1.54, 1.807) is 0 Å². The Morgan fingerprint density at radius 2 is 1.50 bits per heavy atom. The second-order valence-corrected chi connectivity index (χ2v) is 1.01. The van der Waals surface area contributed by atoms with Crippen LogP contribution in [0.15, 0.2) is 0 Å². The van der Waals surface area contributed by atoms with E-state index < -0.39 is 12.1 Å². The molecule has 0 saturated heterocycles. The van der Waals surface area contributed by atoms with Crippen LogP contribution in [0.3, 0.4) is 0 Å². The van der Waals surface area contributed by atoms with Crippen LogP contribution in [-0.4, -0.2) is 76.5 Å². The summed E-state index contributed by atoms with van der Waals surface area (Å²) < 4.78 is 0. The van der Waals surface area contributed by atoms with Crippen molar-refractivity contribution in [2.75, 3.05) is 0 Å². The molecule has 1 unspecified atom stereocenters. The van der Waals surface area contributed by atoms with E-state index in [0.29, 0.717) is 0 Å². The van der Waals surface area contributed by atoms with Crippen LogP contribution in [0.1, 0.15) is 9.78 Å². The summed E-state index contributed by atoms with van der Waals surface area (Å²) in [6.45, 7) is 1.20. The van der Waals surface area contributed by atoms with Crippen molar-refractivity contribution in [3.05, 3.63) is 0 Å². The van der Waals surface area contributed by atoms with Crippen molar-refractivity contribution in [1.82, 2.24) is 0 Å². The molecule has 0 aromatic rings. The summed E-state index contributed by atoms with van der Waals surface area (Å²) in [4.78, 5) is 9.45. The van der Waals surface area contributed by atoms with E-state index in [0.717, 1.165) is 0 Å². The number of hydrogen-bond acceptors (Lipinski definition) is 2. The average Bonchev–Trinajstić information content (AvgIpc) is 1.36. The first kappa shape index (κ1) is 31.2. The molecule has 6 nitrogen and oxygen atoms in total. The van der Waals surface area contributed by atoms with Gasteiger partial charge in [0.25, 0.3) is 0 Å². The molecule has 0 rings (SSSR count). The van der Waals surface area contributed by atoms with Crippen LogP contribution in [-0.2, 0) is 4.79 Å². The molecule has 0 saturated carbocycles. The zero-order valence-corrected chi connectivity index (χ0v) is 7.80. The first-order valence-corrected chi connectivity index (χ1v) is 1.55. The molecule has 0 bridgehead atoms. The first-order chi connectivity index (χ1) is 2.64. The van der Waals surface area contributed by atoms with Gasteiger partial charge in [0, 0.05) is 0 Å². The maximum Gasteiger partial charge on any atom is 2.00 e. The van der Waals surface area contributed by atoms with Gasteiger partial charge in [-0.05, 0) is 6.92 Å². The van der Waals surface area contributed by atoms with Gasteiger partial charge in [-0.2, -0.15) is 0 Å². The third-order valence-electron chi connectivity index (χ3n) is 0.357. The van der Waals surface area contributed by atoms with Gasteiger partial charge in [-0.25, -0.2) is 4.79 Å². The third-order valence-corrected chi connectivity index (χ3v) is 0.357. The average molecular weight is 186 g/mol. The minimum absolute atomic E-state index is 0. The van der Waals surface area contributed by atoms with Gasteiger partial charge in [0.15, 0.2) is 0 Å². The smallest absolute Gasteiger partial charge is 1.00 e. The topological polar surface area (TPSA) is 152 Å². The molecule has 0 aliphatic rings. The van der Waals surface area contributed by atoms with Gasteiger partial charge < -0.3 is 29.5 Å². The molecule has 0 heterocycles. The molecular formula is C3H14CaO6. The van der Waals surface area contributed by atoms with Gasteiger partial charge in [0.05, 0.1) is 0 Å². The van der Waals surface area contributed by atoms with Crippen molar-refractivity contribution in [3.8, 4) is 0 Å². The van der Waals surface area contributed by atoms with Crippen LogP contribution < -0.4 is 0 Å². The Morgan fingerprint density at radius 3 is 1.50 bits per heavy atom. The molecule has 0 amide bonds. The predicted molar refractivity (Wildman–Crippen MR) is 38.1 cm³/mol. The van der Waals surface area contributed by atoms with Gasteiger partial charge in [-0.15, -0.1) is 0 Å². The second-order valence-electron chi connectivity index (χ2n) is 1.01. The summed E-state index contributed by atoms with van der Waals surface area (Å²) in [6.07, 6.45) is -1.23. The Kier molecular flexibility index (Phi) is 50.8. The second kappa shape index (κ2) is 16.3. The number of hydrogen-bond donors (Lipinski definition) is 2. The van der Waals surface area contributed by atoms with Crippen LogP contribution in [0.4, 0.5) is 0 Å². The molecule has 0 fully saturated rings. The minimum Gasteiger partial charge on any atom is -1.00 e. The summed E-state index contributed by atoms with van der Waals surface area (Å²) in [5.41, 5.74) is 0. The Bertz CT molecular complexity index is 71.8. The Morgan fingerprint density at radius 1 is 1.40 bits per heavy atom. The zero-order valence-electron chi connectivity index (χ0n) is 7.59. The molecule has 7 heteroatoms. The van der Waals surface area contributed by atoms with E-state index in [9.17, 15) is 4.79 Å².